The second-order valence-electron chi connectivity index (χ2n) is 3.16. The quantitative estimate of drug-likeness (QED) is 0.766. The van der Waals surface area contributed by atoms with Gasteiger partial charge in [-0.2, -0.15) is 0 Å². The minimum Gasteiger partial charge on any atom is -0.328 e. The van der Waals surface area contributed by atoms with Gasteiger partial charge in [0, 0.05) is 12.6 Å². The number of hydrogen-bond donors (Lipinski definition) is 0. The van der Waals surface area contributed by atoms with Crippen molar-refractivity contribution in [2.24, 2.45) is 0 Å². The smallest absolute Gasteiger partial charge is 0.139 e. The number of halogens is 2. The van der Waals surface area contributed by atoms with Crippen LogP contribution in [-0.4, -0.2) is 9.55 Å². The minimum absolute atomic E-state index is 0.266. The van der Waals surface area contributed by atoms with Crippen molar-refractivity contribution in [3.8, 4) is 0 Å². The Morgan fingerprint density at radius 2 is 2.21 bits per heavy atom. The van der Waals surface area contributed by atoms with E-state index in [1.165, 1.54) is 6.07 Å². The number of imidazole rings is 1. The van der Waals surface area contributed by atoms with Crippen molar-refractivity contribution in [3.05, 3.63) is 28.2 Å². The molecule has 0 aliphatic heterocycles. The molecule has 2 rings (SSSR count). The fourth-order valence-electron chi connectivity index (χ4n) is 1.64. The summed E-state index contributed by atoms with van der Waals surface area (Å²) in [5, 5.41) is 0. The third-order valence-electron chi connectivity index (χ3n) is 2.30. The monoisotopic (exact) mass is 256 g/mol. The molecular formula is C10H10BrFN2. The molecule has 0 aliphatic carbocycles. The Balaban J connectivity index is 2.82. The maximum Gasteiger partial charge on any atom is 0.139 e. The lowest BCUT2D eigenvalue weighted by molar-refractivity contribution is 0.622. The summed E-state index contributed by atoms with van der Waals surface area (Å²) in [6, 6.07) is 3.23. The fraction of sp³-hybridized carbons (Fsp3) is 0.300. The van der Waals surface area contributed by atoms with Crippen LogP contribution in [0.5, 0.6) is 0 Å². The van der Waals surface area contributed by atoms with Gasteiger partial charge in [-0.3, -0.25) is 0 Å². The zero-order chi connectivity index (χ0) is 10.3. The van der Waals surface area contributed by atoms with Gasteiger partial charge in [0.1, 0.15) is 11.6 Å². The summed E-state index contributed by atoms with van der Waals surface area (Å²) in [4.78, 5) is 4.29. The molecule has 0 saturated carbocycles. The van der Waals surface area contributed by atoms with Crippen molar-refractivity contribution < 1.29 is 4.39 Å². The Morgan fingerprint density at radius 1 is 1.50 bits per heavy atom. The summed E-state index contributed by atoms with van der Waals surface area (Å²) in [6.45, 7) is 4.82. The van der Waals surface area contributed by atoms with Gasteiger partial charge in [-0.25, -0.2) is 9.37 Å². The maximum atomic E-state index is 13.2. The Labute approximate surface area is 89.9 Å². The normalized spacial score (nSPS) is 11.1. The van der Waals surface area contributed by atoms with E-state index in [0.29, 0.717) is 9.99 Å². The second kappa shape index (κ2) is 3.35. The number of hydrogen-bond acceptors (Lipinski definition) is 1. The van der Waals surface area contributed by atoms with Crippen LogP contribution in [0.15, 0.2) is 16.6 Å². The number of benzene rings is 1. The molecule has 2 aromatic rings. The SMILES string of the molecule is CCn1c(C)nc2cc(F)c(Br)cc21. The van der Waals surface area contributed by atoms with Crippen LogP contribution in [-0.2, 0) is 6.54 Å². The molecule has 0 bridgehead atoms. The van der Waals surface area contributed by atoms with Crippen molar-refractivity contribution in [2.75, 3.05) is 0 Å². The third kappa shape index (κ3) is 1.34. The number of nitrogens with zero attached hydrogens (tertiary/aromatic N) is 2. The molecule has 0 spiro atoms. The van der Waals surface area contributed by atoms with Gasteiger partial charge in [0.05, 0.1) is 15.5 Å². The van der Waals surface area contributed by atoms with Gasteiger partial charge in [-0.1, -0.05) is 0 Å². The van der Waals surface area contributed by atoms with Crippen LogP contribution < -0.4 is 0 Å². The van der Waals surface area contributed by atoms with Gasteiger partial charge < -0.3 is 4.57 Å². The van der Waals surface area contributed by atoms with Crippen molar-refractivity contribution >= 4 is 27.0 Å². The van der Waals surface area contributed by atoms with E-state index in [-0.39, 0.29) is 5.82 Å². The Morgan fingerprint density at radius 3 is 2.86 bits per heavy atom. The molecule has 0 amide bonds. The first-order chi connectivity index (χ1) is 6.63. The van der Waals surface area contributed by atoms with E-state index >= 15 is 0 Å². The molecule has 0 saturated heterocycles. The first-order valence-electron chi connectivity index (χ1n) is 4.45. The van der Waals surface area contributed by atoms with Crippen LogP contribution in [0, 0.1) is 12.7 Å². The molecule has 1 heterocycles. The van der Waals surface area contributed by atoms with E-state index in [0.717, 1.165) is 17.9 Å². The van der Waals surface area contributed by atoms with Crippen molar-refractivity contribution in [1.82, 2.24) is 9.55 Å². The number of rotatable bonds is 1. The molecule has 0 aliphatic rings. The maximum absolute atomic E-state index is 13.2. The van der Waals surface area contributed by atoms with Crippen LogP contribution >= 0.6 is 15.9 Å². The highest BCUT2D eigenvalue weighted by Gasteiger charge is 2.09. The first-order valence-corrected chi connectivity index (χ1v) is 5.24. The molecule has 0 N–H and O–H groups in total. The van der Waals surface area contributed by atoms with Gasteiger partial charge in [0.25, 0.3) is 0 Å². The van der Waals surface area contributed by atoms with E-state index in [2.05, 4.69) is 25.5 Å². The Bertz CT molecular complexity index is 490. The van der Waals surface area contributed by atoms with Crippen LogP contribution in [0.25, 0.3) is 11.0 Å². The lowest BCUT2D eigenvalue weighted by atomic mass is 10.3. The molecule has 14 heavy (non-hydrogen) atoms. The Kier molecular flexibility index (Phi) is 2.31. The van der Waals surface area contributed by atoms with Crippen LogP contribution in [0.4, 0.5) is 4.39 Å². The summed E-state index contributed by atoms with van der Waals surface area (Å²) in [5.41, 5.74) is 1.68. The zero-order valence-electron chi connectivity index (χ0n) is 8.01. The van der Waals surface area contributed by atoms with Crippen molar-refractivity contribution in [1.29, 1.82) is 0 Å². The lowest BCUT2D eigenvalue weighted by Gasteiger charge is -2.01. The van der Waals surface area contributed by atoms with E-state index in [9.17, 15) is 4.39 Å². The van der Waals surface area contributed by atoms with E-state index in [4.69, 9.17) is 0 Å². The number of fused-ring (bicyclic) bond motifs is 1. The van der Waals surface area contributed by atoms with Gasteiger partial charge in [-0.15, -0.1) is 0 Å². The van der Waals surface area contributed by atoms with Crippen LogP contribution in [0.3, 0.4) is 0 Å². The highest BCUT2D eigenvalue weighted by molar-refractivity contribution is 9.10. The molecule has 4 heteroatoms. The minimum atomic E-state index is -0.266. The lowest BCUT2D eigenvalue weighted by Crippen LogP contribution is -1.96. The molecule has 0 radical (unpaired) electrons. The predicted octanol–water partition coefficient (Wildman–Crippen LogP) is 3.27. The van der Waals surface area contributed by atoms with Gasteiger partial charge >= 0.3 is 0 Å². The second-order valence-corrected chi connectivity index (χ2v) is 4.01. The van der Waals surface area contributed by atoms with Crippen molar-refractivity contribution in [2.45, 2.75) is 20.4 Å². The first kappa shape index (κ1) is 9.65. The van der Waals surface area contributed by atoms with Gasteiger partial charge in [0.15, 0.2) is 0 Å². The largest absolute Gasteiger partial charge is 0.328 e. The van der Waals surface area contributed by atoms with Crippen molar-refractivity contribution in [3.63, 3.8) is 0 Å². The highest BCUT2D eigenvalue weighted by atomic mass is 79.9. The van der Waals surface area contributed by atoms with Crippen LogP contribution in [0.1, 0.15) is 12.7 Å². The summed E-state index contributed by atoms with van der Waals surface area (Å²) < 4.78 is 15.7. The summed E-state index contributed by atoms with van der Waals surface area (Å²) >= 11 is 3.17. The topological polar surface area (TPSA) is 17.8 Å². The van der Waals surface area contributed by atoms with E-state index in [1.807, 2.05) is 13.8 Å². The summed E-state index contributed by atoms with van der Waals surface area (Å²) in [6.07, 6.45) is 0. The molecular weight excluding hydrogens is 247 g/mol. The molecule has 0 unspecified atom stereocenters. The fourth-order valence-corrected chi connectivity index (χ4v) is 1.97. The molecule has 0 atom stereocenters. The summed E-state index contributed by atoms with van der Waals surface area (Å²) in [5.74, 6) is 0.651. The molecule has 1 aromatic carbocycles. The van der Waals surface area contributed by atoms with E-state index in [1.54, 1.807) is 6.07 Å². The molecule has 1 aromatic heterocycles. The molecule has 74 valence electrons. The number of aromatic nitrogens is 2. The average molecular weight is 257 g/mol. The highest BCUT2D eigenvalue weighted by Crippen LogP contribution is 2.23. The Hall–Kier alpha value is -0.900. The van der Waals surface area contributed by atoms with Gasteiger partial charge in [0.2, 0.25) is 0 Å². The standard InChI is InChI=1S/C10H10BrFN2/c1-3-14-6(2)13-9-5-8(12)7(11)4-10(9)14/h4-5H,3H2,1-2H3. The van der Waals surface area contributed by atoms with Crippen LogP contribution in [0.2, 0.25) is 0 Å². The average Bonchev–Trinajstić information content (AvgIpc) is 2.42. The predicted molar refractivity (Wildman–Crippen MR) is 57.8 cm³/mol. The zero-order valence-corrected chi connectivity index (χ0v) is 9.60. The molecule has 0 fully saturated rings. The summed E-state index contributed by atoms with van der Waals surface area (Å²) in [7, 11) is 0. The van der Waals surface area contributed by atoms with Gasteiger partial charge in [-0.05, 0) is 35.8 Å². The van der Waals surface area contributed by atoms with E-state index < -0.39 is 0 Å². The number of aryl methyl sites for hydroxylation is 2. The third-order valence-corrected chi connectivity index (χ3v) is 2.91. The molecule has 2 nitrogen and oxygen atoms in total.